The van der Waals surface area contributed by atoms with E-state index in [2.05, 4.69) is 10.4 Å². The number of aryl methyl sites for hydroxylation is 1. The molecule has 0 saturated carbocycles. The van der Waals surface area contributed by atoms with Crippen molar-refractivity contribution in [2.75, 3.05) is 11.6 Å². The van der Waals surface area contributed by atoms with E-state index < -0.39 is 9.84 Å². The number of sulfone groups is 1. The summed E-state index contributed by atoms with van der Waals surface area (Å²) in [5, 5.41) is 7.19. The van der Waals surface area contributed by atoms with Crippen molar-refractivity contribution in [3.63, 3.8) is 0 Å². The summed E-state index contributed by atoms with van der Waals surface area (Å²) < 4.78 is 24.6. The lowest BCUT2D eigenvalue weighted by Gasteiger charge is -2.11. The summed E-state index contributed by atoms with van der Waals surface area (Å²) in [5.41, 5.74) is 1.59. The van der Waals surface area contributed by atoms with Crippen molar-refractivity contribution in [1.82, 2.24) is 9.78 Å². The standard InChI is InChI=1S/C16H21N3O3S/c1-11(2)19-15(9-12(3)18-19)17-16(20)10-13-5-7-14(8-6-13)23(4,21)22/h5-9,11H,10H2,1-4H3,(H,17,20). The number of aromatic nitrogens is 2. The molecular formula is C16H21N3O3S. The second-order valence-corrected chi connectivity index (χ2v) is 7.87. The molecule has 0 bridgehead atoms. The van der Waals surface area contributed by atoms with Crippen LogP contribution in [0.3, 0.4) is 0 Å². The molecule has 1 N–H and O–H groups in total. The largest absolute Gasteiger partial charge is 0.311 e. The van der Waals surface area contributed by atoms with E-state index in [-0.39, 0.29) is 23.3 Å². The van der Waals surface area contributed by atoms with Gasteiger partial charge in [0.2, 0.25) is 5.91 Å². The first-order valence-corrected chi connectivity index (χ1v) is 9.21. The molecule has 0 aliphatic carbocycles. The predicted octanol–water partition coefficient (Wildman–Crippen LogP) is 2.36. The van der Waals surface area contributed by atoms with Gasteiger partial charge in [-0.15, -0.1) is 0 Å². The Morgan fingerprint density at radius 2 is 1.87 bits per heavy atom. The van der Waals surface area contributed by atoms with Crippen molar-refractivity contribution in [1.29, 1.82) is 0 Å². The lowest BCUT2D eigenvalue weighted by atomic mass is 10.1. The van der Waals surface area contributed by atoms with E-state index in [9.17, 15) is 13.2 Å². The van der Waals surface area contributed by atoms with Gasteiger partial charge in [-0.25, -0.2) is 13.1 Å². The van der Waals surface area contributed by atoms with E-state index in [0.717, 1.165) is 17.5 Å². The summed E-state index contributed by atoms with van der Waals surface area (Å²) in [7, 11) is -3.22. The van der Waals surface area contributed by atoms with E-state index in [1.54, 1.807) is 16.8 Å². The van der Waals surface area contributed by atoms with Gasteiger partial charge >= 0.3 is 0 Å². The Labute approximate surface area is 136 Å². The van der Waals surface area contributed by atoms with Gasteiger partial charge in [0.05, 0.1) is 17.0 Å². The van der Waals surface area contributed by atoms with E-state index in [4.69, 9.17) is 0 Å². The van der Waals surface area contributed by atoms with Crippen LogP contribution in [0, 0.1) is 6.92 Å². The maximum absolute atomic E-state index is 12.2. The number of nitrogens with one attached hydrogen (secondary N) is 1. The molecule has 1 aromatic carbocycles. The highest BCUT2D eigenvalue weighted by atomic mass is 32.2. The van der Waals surface area contributed by atoms with Gasteiger partial charge in [-0.05, 0) is 38.5 Å². The maximum atomic E-state index is 12.2. The van der Waals surface area contributed by atoms with Crippen LogP contribution in [0.4, 0.5) is 5.82 Å². The van der Waals surface area contributed by atoms with Crippen molar-refractivity contribution in [3.05, 3.63) is 41.6 Å². The van der Waals surface area contributed by atoms with Crippen LogP contribution in [0.2, 0.25) is 0 Å². The van der Waals surface area contributed by atoms with Gasteiger partial charge < -0.3 is 5.32 Å². The molecule has 23 heavy (non-hydrogen) atoms. The van der Waals surface area contributed by atoms with Gasteiger partial charge in [0, 0.05) is 18.4 Å². The molecule has 124 valence electrons. The van der Waals surface area contributed by atoms with Crippen molar-refractivity contribution in [2.24, 2.45) is 0 Å². The molecule has 0 aliphatic rings. The second kappa shape index (κ2) is 6.54. The Morgan fingerprint density at radius 1 is 1.26 bits per heavy atom. The average Bonchev–Trinajstić information content (AvgIpc) is 2.79. The molecule has 1 heterocycles. The van der Waals surface area contributed by atoms with E-state index >= 15 is 0 Å². The minimum absolute atomic E-state index is 0.146. The number of hydrogen-bond donors (Lipinski definition) is 1. The summed E-state index contributed by atoms with van der Waals surface area (Å²) >= 11 is 0. The van der Waals surface area contributed by atoms with E-state index in [0.29, 0.717) is 5.82 Å². The third kappa shape index (κ3) is 4.41. The summed E-state index contributed by atoms with van der Waals surface area (Å²) in [4.78, 5) is 12.4. The molecule has 7 heteroatoms. The summed E-state index contributed by atoms with van der Waals surface area (Å²) in [5.74, 6) is 0.495. The Bertz CT molecular complexity index is 806. The first-order chi connectivity index (χ1) is 10.7. The molecule has 0 spiro atoms. The quantitative estimate of drug-likeness (QED) is 0.909. The lowest BCUT2D eigenvalue weighted by Crippen LogP contribution is -2.18. The van der Waals surface area contributed by atoms with Gasteiger partial charge in [0.25, 0.3) is 0 Å². The van der Waals surface area contributed by atoms with Crippen LogP contribution in [0.25, 0.3) is 0 Å². The Kier molecular flexibility index (Phi) is 4.89. The van der Waals surface area contributed by atoms with Gasteiger partial charge in [-0.1, -0.05) is 12.1 Å². The highest BCUT2D eigenvalue weighted by Crippen LogP contribution is 2.17. The highest BCUT2D eigenvalue weighted by molar-refractivity contribution is 7.90. The molecular weight excluding hydrogens is 314 g/mol. The zero-order valence-corrected chi connectivity index (χ0v) is 14.5. The molecule has 0 unspecified atom stereocenters. The van der Waals surface area contributed by atoms with Crippen molar-refractivity contribution >= 4 is 21.6 Å². The first kappa shape index (κ1) is 17.2. The van der Waals surface area contributed by atoms with Crippen molar-refractivity contribution in [2.45, 2.75) is 38.1 Å². The SMILES string of the molecule is Cc1cc(NC(=O)Cc2ccc(S(C)(=O)=O)cc2)n(C(C)C)n1. The molecule has 2 aromatic rings. The van der Waals surface area contributed by atoms with E-state index in [1.807, 2.05) is 26.8 Å². The number of carbonyl (C=O) groups excluding carboxylic acids is 1. The molecule has 0 aliphatic heterocycles. The molecule has 6 nitrogen and oxygen atoms in total. The number of rotatable bonds is 5. The number of nitrogens with zero attached hydrogens (tertiary/aromatic N) is 2. The zero-order chi connectivity index (χ0) is 17.2. The maximum Gasteiger partial charge on any atom is 0.229 e. The number of amides is 1. The minimum atomic E-state index is -3.22. The molecule has 1 amide bonds. The summed E-state index contributed by atoms with van der Waals surface area (Å²) in [6, 6.07) is 8.31. The topological polar surface area (TPSA) is 81.1 Å². The molecule has 0 saturated heterocycles. The van der Waals surface area contributed by atoms with Crippen LogP contribution in [-0.4, -0.2) is 30.4 Å². The fourth-order valence-electron chi connectivity index (χ4n) is 2.23. The Hall–Kier alpha value is -2.15. The monoisotopic (exact) mass is 335 g/mol. The van der Waals surface area contributed by atoms with Crippen LogP contribution in [0.1, 0.15) is 31.1 Å². The van der Waals surface area contributed by atoms with Crippen LogP contribution < -0.4 is 5.32 Å². The third-order valence-electron chi connectivity index (χ3n) is 3.33. The Morgan fingerprint density at radius 3 is 2.39 bits per heavy atom. The fourth-order valence-corrected chi connectivity index (χ4v) is 2.86. The molecule has 0 fully saturated rings. The van der Waals surface area contributed by atoms with Crippen molar-refractivity contribution in [3.8, 4) is 0 Å². The third-order valence-corrected chi connectivity index (χ3v) is 4.46. The molecule has 0 atom stereocenters. The minimum Gasteiger partial charge on any atom is -0.311 e. The summed E-state index contributed by atoms with van der Waals surface area (Å²) in [6.45, 7) is 5.86. The van der Waals surface area contributed by atoms with Gasteiger partial charge in [-0.3, -0.25) is 4.79 Å². The smallest absolute Gasteiger partial charge is 0.229 e. The number of hydrogen-bond acceptors (Lipinski definition) is 4. The molecule has 0 radical (unpaired) electrons. The zero-order valence-electron chi connectivity index (χ0n) is 13.7. The van der Waals surface area contributed by atoms with Gasteiger partial charge in [0.15, 0.2) is 9.84 Å². The van der Waals surface area contributed by atoms with Crippen LogP contribution in [0.15, 0.2) is 35.2 Å². The molecule has 2 rings (SSSR count). The first-order valence-electron chi connectivity index (χ1n) is 7.32. The highest BCUT2D eigenvalue weighted by Gasteiger charge is 2.12. The van der Waals surface area contributed by atoms with Gasteiger partial charge in [0.1, 0.15) is 5.82 Å². The Balaban J connectivity index is 2.08. The number of carbonyl (C=O) groups is 1. The fraction of sp³-hybridized carbons (Fsp3) is 0.375. The predicted molar refractivity (Wildman–Crippen MR) is 89.2 cm³/mol. The summed E-state index contributed by atoms with van der Waals surface area (Å²) in [6.07, 6.45) is 1.33. The van der Waals surface area contributed by atoms with Crippen molar-refractivity contribution < 1.29 is 13.2 Å². The van der Waals surface area contributed by atoms with Crippen LogP contribution >= 0.6 is 0 Å². The molecule has 1 aromatic heterocycles. The average molecular weight is 335 g/mol. The lowest BCUT2D eigenvalue weighted by molar-refractivity contribution is -0.115. The number of benzene rings is 1. The second-order valence-electron chi connectivity index (χ2n) is 5.85. The van der Waals surface area contributed by atoms with Crippen LogP contribution in [-0.2, 0) is 21.1 Å². The van der Waals surface area contributed by atoms with Gasteiger partial charge in [-0.2, -0.15) is 5.10 Å². The van der Waals surface area contributed by atoms with Crippen LogP contribution in [0.5, 0.6) is 0 Å². The number of anilines is 1. The van der Waals surface area contributed by atoms with E-state index in [1.165, 1.54) is 12.1 Å². The normalized spacial score (nSPS) is 11.7.